The first kappa shape index (κ1) is 12.7. The average Bonchev–Trinajstić information content (AvgIpc) is 2.85. The molecule has 2 heterocycles. The fraction of sp³-hybridized carbons (Fsp3) is 0.231. The summed E-state index contributed by atoms with van der Waals surface area (Å²) in [7, 11) is 0. The number of halogens is 1. The maximum absolute atomic E-state index is 11.8. The van der Waals surface area contributed by atoms with Crippen LogP contribution in [0.3, 0.4) is 0 Å². The normalized spacial score (nSPS) is 13.5. The fourth-order valence-corrected chi connectivity index (χ4v) is 3.09. The Kier molecular flexibility index (Phi) is 3.59. The van der Waals surface area contributed by atoms with E-state index in [1.807, 2.05) is 24.3 Å². The highest BCUT2D eigenvalue weighted by atomic mass is 35.5. The van der Waals surface area contributed by atoms with Crippen LogP contribution in [0.1, 0.15) is 17.1 Å². The van der Waals surface area contributed by atoms with Crippen molar-refractivity contribution in [3.05, 3.63) is 56.7 Å². The average molecular weight is 294 g/mol. The number of hydrogen-bond acceptors (Lipinski definition) is 4. The number of rotatable bonds is 3. The molecule has 2 aromatic rings. The van der Waals surface area contributed by atoms with Crippen molar-refractivity contribution in [3.63, 3.8) is 0 Å². The summed E-state index contributed by atoms with van der Waals surface area (Å²) in [5.41, 5.74) is 1.60. The molecule has 1 aliphatic heterocycles. The van der Waals surface area contributed by atoms with Crippen LogP contribution in [0.15, 0.2) is 34.0 Å². The van der Waals surface area contributed by atoms with Crippen molar-refractivity contribution in [2.75, 3.05) is 0 Å². The maximum atomic E-state index is 11.8. The van der Waals surface area contributed by atoms with E-state index in [-0.39, 0.29) is 5.56 Å². The zero-order valence-electron chi connectivity index (χ0n) is 10.1. The molecule has 98 valence electrons. The summed E-state index contributed by atoms with van der Waals surface area (Å²) in [4.78, 5) is 20.2. The monoisotopic (exact) mass is 293 g/mol. The first-order chi connectivity index (χ1) is 9.22. The first-order valence-corrected chi connectivity index (χ1v) is 7.29. The second-order valence-corrected chi connectivity index (χ2v) is 5.77. The second kappa shape index (κ2) is 5.36. The van der Waals surface area contributed by atoms with Crippen molar-refractivity contribution in [2.45, 2.75) is 23.7 Å². The van der Waals surface area contributed by atoms with Crippen molar-refractivity contribution in [1.82, 2.24) is 15.3 Å². The Hall–Kier alpha value is -1.30. The Balaban J connectivity index is 1.77. The van der Waals surface area contributed by atoms with Gasteiger partial charge in [0.2, 0.25) is 0 Å². The van der Waals surface area contributed by atoms with E-state index >= 15 is 0 Å². The second-order valence-electron chi connectivity index (χ2n) is 4.29. The summed E-state index contributed by atoms with van der Waals surface area (Å²) >= 11 is 7.54. The summed E-state index contributed by atoms with van der Waals surface area (Å²) in [5.74, 6) is 1.33. The molecule has 6 heteroatoms. The van der Waals surface area contributed by atoms with Gasteiger partial charge in [-0.05, 0) is 18.2 Å². The lowest BCUT2D eigenvalue weighted by molar-refractivity contribution is 0.756. The number of aromatic nitrogens is 2. The van der Waals surface area contributed by atoms with E-state index in [4.69, 9.17) is 11.6 Å². The van der Waals surface area contributed by atoms with Crippen molar-refractivity contribution >= 4 is 23.4 Å². The molecule has 0 unspecified atom stereocenters. The Bertz CT molecular complexity index is 671. The number of H-pyrrole nitrogens is 1. The summed E-state index contributed by atoms with van der Waals surface area (Å²) < 4.78 is 0. The van der Waals surface area contributed by atoms with Crippen LogP contribution in [0, 0.1) is 0 Å². The van der Waals surface area contributed by atoms with Crippen LogP contribution in [0.25, 0.3) is 0 Å². The zero-order valence-corrected chi connectivity index (χ0v) is 11.6. The summed E-state index contributed by atoms with van der Waals surface area (Å²) in [5, 5.41) is 3.84. The van der Waals surface area contributed by atoms with E-state index in [9.17, 15) is 4.79 Å². The zero-order chi connectivity index (χ0) is 13.2. The molecular formula is C13H12ClN3OS. The molecule has 1 aliphatic rings. The lowest BCUT2D eigenvalue weighted by Gasteiger charge is -2.04. The minimum absolute atomic E-state index is 0.0308. The van der Waals surface area contributed by atoms with Crippen LogP contribution in [-0.4, -0.2) is 9.97 Å². The number of fused-ring (bicyclic) bond motifs is 1. The number of aromatic amines is 1. The van der Waals surface area contributed by atoms with Crippen LogP contribution in [-0.2, 0) is 18.8 Å². The molecule has 0 atom stereocenters. The van der Waals surface area contributed by atoms with Gasteiger partial charge in [0, 0.05) is 23.0 Å². The van der Waals surface area contributed by atoms with E-state index in [0.29, 0.717) is 29.7 Å². The number of hydrogen-bond donors (Lipinski definition) is 2. The van der Waals surface area contributed by atoms with Crippen LogP contribution < -0.4 is 10.9 Å². The smallest absolute Gasteiger partial charge is 0.255 e. The van der Waals surface area contributed by atoms with Gasteiger partial charge in [0.15, 0.2) is 0 Å². The highest BCUT2D eigenvalue weighted by Crippen LogP contribution is 2.24. The summed E-state index contributed by atoms with van der Waals surface area (Å²) in [6, 6.07) is 7.64. The van der Waals surface area contributed by atoms with Gasteiger partial charge >= 0.3 is 0 Å². The minimum Gasteiger partial charge on any atom is -0.310 e. The Morgan fingerprint density at radius 3 is 3.11 bits per heavy atom. The topological polar surface area (TPSA) is 57.8 Å². The number of thioether (sulfide) groups is 1. The first-order valence-electron chi connectivity index (χ1n) is 5.92. The predicted octanol–water partition coefficient (Wildman–Crippen LogP) is 2.32. The van der Waals surface area contributed by atoms with Gasteiger partial charge in [0.05, 0.1) is 17.0 Å². The molecule has 0 radical (unpaired) electrons. The predicted molar refractivity (Wildman–Crippen MR) is 76.4 cm³/mol. The maximum Gasteiger partial charge on any atom is 0.255 e. The molecule has 4 nitrogen and oxygen atoms in total. The van der Waals surface area contributed by atoms with Gasteiger partial charge in [-0.15, -0.1) is 11.8 Å². The molecule has 0 amide bonds. The molecule has 1 aromatic heterocycles. The van der Waals surface area contributed by atoms with Crippen LogP contribution in [0.5, 0.6) is 0 Å². The molecule has 0 saturated heterocycles. The van der Waals surface area contributed by atoms with Crippen LogP contribution in [0.4, 0.5) is 0 Å². The lowest BCUT2D eigenvalue weighted by Crippen LogP contribution is -2.17. The Morgan fingerprint density at radius 2 is 2.26 bits per heavy atom. The van der Waals surface area contributed by atoms with E-state index in [0.717, 1.165) is 16.2 Å². The molecule has 0 spiro atoms. The third-order valence-corrected chi connectivity index (χ3v) is 4.16. The highest BCUT2D eigenvalue weighted by Gasteiger charge is 2.16. The lowest BCUT2D eigenvalue weighted by atomic mass is 10.3. The molecule has 0 bridgehead atoms. The molecule has 3 rings (SSSR count). The molecule has 0 fully saturated rings. The highest BCUT2D eigenvalue weighted by molar-refractivity contribution is 7.98. The van der Waals surface area contributed by atoms with E-state index in [2.05, 4.69) is 15.3 Å². The minimum atomic E-state index is -0.0308. The summed E-state index contributed by atoms with van der Waals surface area (Å²) in [6.45, 7) is 1.29. The molecule has 1 aromatic carbocycles. The van der Waals surface area contributed by atoms with Crippen LogP contribution in [0.2, 0.25) is 5.02 Å². The number of benzene rings is 1. The van der Waals surface area contributed by atoms with Gasteiger partial charge in [-0.1, -0.05) is 17.7 Å². The van der Waals surface area contributed by atoms with Gasteiger partial charge in [-0.25, -0.2) is 4.98 Å². The quantitative estimate of drug-likeness (QED) is 0.853. The molecular weight excluding hydrogens is 282 g/mol. The van der Waals surface area contributed by atoms with Crippen LogP contribution >= 0.6 is 23.4 Å². The SMILES string of the molecule is O=c1[nH]c(CSc2cccc(Cl)c2)nc2c1CNC2. The largest absolute Gasteiger partial charge is 0.310 e. The Labute approximate surface area is 119 Å². The van der Waals surface area contributed by atoms with E-state index in [1.54, 1.807) is 11.8 Å². The van der Waals surface area contributed by atoms with Gasteiger partial charge < -0.3 is 10.3 Å². The van der Waals surface area contributed by atoms with Crippen molar-refractivity contribution in [2.24, 2.45) is 0 Å². The fourth-order valence-electron chi connectivity index (χ4n) is 2.01. The van der Waals surface area contributed by atoms with Crippen molar-refractivity contribution < 1.29 is 0 Å². The molecule has 0 aliphatic carbocycles. The van der Waals surface area contributed by atoms with Gasteiger partial charge in [0.25, 0.3) is 5.56 Å². The summed E-state index contributed by atoms with van der Waals surface area (Å²) in [6.07, 6.45) is 0. The standard InChI is InChI=1S/C13H12ClN3OS/c14-8-2-1-3-9(4-8)19-7-12-16-11-6-15-5-10(11)13(18)17-12/h1-4,15H,5-7H2,(H,16,17,18). The third-order valence-electron chi connectivity index (χ3n) is 2.92. The molecule has 0 saturated carbocycles. The number of nitrogens with zero attached hydrogens (tertiary/aromatic N) is 1. The number of nitrogens with one attached hydrogen (secondary N) is 2. The van der Waals surface area contributed by atoms with Gasteiger partial charge in [0.1, 0.15) is 5.82 Å². The molecule has 2 N–H and O–H groups in total. The van der Waals surface area contributed by atoms with E-state index in [1.165, 1.54) is 0 Å². The Morgan fingerprint density at radius 1 is 1.37 bits per heavy atom. The van der Waals surface area contributed by atoms with E-state index < -0.39 is 0 Å². The van der Waals surface area contributed by atoms with Gasteiger partial charge in [-0.3, -0.25) is 4.79 Å². The van der Waals surface area contributed by atoms with Gasteiger partial charge in [-0.2, -0.15) is 0 Å². The third kappa shape index (κ3) is 2.83. The van der Waals surface area contributed by atoms with Crippen molar-refractivity contribution in [1.29, 1.82) is 0 Å². The van der Waals surface area contributed by atoms with Crippen molar-refractivity contribution in [3.8, 4) is 0 Å². The molecule has 19 heavy (non-hydrogen) atoms.